The monoisotopic (exact) mass is 486 g/mol. The number of esters is 1. The molecule has 0 aliphatic rings. The maximum Gasteiger partial charge on any atom is 0.307 e. The van der Waals surface area contributed by atoms with E-state index in [1.165, 1.54) is 42.7 Å². The summed E-state index contributed by atoms with van der Waals surface area (Å²) in [4.78, 5) is 24.7. The van der Waals surface area contributed by atoms with Crippen molar-refractivity contribution in [3.05, 3.63) is 95.0 Å². The molecule has 0 spiro atoms. The van der Waals surface area contributed by atoms with E-state index < -0.39 is 27.9 Å². The van der Waals surface area contributed by atoms with Crippen LogP contribution in [0.15, 0.2) is 83.8 Å². The van der Waals surface area contributed by atoms with Crippen LogP contribution in [0.5, 0.6) is 0 Å². The molecule has 7 nitrogen and oxygen atoms in total. The van der Waals surface area contributed by atoms with Gasteiger partial charge in [0.05, 0.1) is 30.2 Å². The lowest BCUT2D eigenvalue weighted by Crippen LogP contribution is -2.30. The Kier molecular flexibility index (Phi) is 7.73. The summed E-state index contributed by atoms with van der Waals surface area (Å²) in [6.45, 7) is 0. The van der Waals surface area contributed by atoms with E-state index in [-0.39, 0.29) is 16.9 Å². The number of ether oxygens (including phenoxy) is 1. The minimum Gasteiger partial charge on any atom is -0.469 e. The Balaban J connectivity index is 1.79. The van der Waals surface area contributed by atoms with Crippen molar-refractivity contribution in [3.63, 3.8) is 0 Å². The molecule has 0 aromatic heterocycles. The largest absolute Gasteiger partial charge is 0.469 e. The Morgan fingerprint density at radius 1 is 0.970 bits per heavy atom. The van der Waals surface area contributed by atoms with Crippen molar-refractivity contribution in [3.8, 4) is 0 Å². The summed E-state index contributed by atoms with van der Waals surface area (Å²) >= 11 is 5.93. The van der Waals surface area contributed by atoms with Crippen molar-refractivity contribution in [1.82, 2.24) is 5.32 Å². The van der Waals surface area contributed by atoms with E-state index in [0.29, 0.717) is 16.3 Å². The van der Waals surface area contributed by atoms with Gasteiger partial charge < -0.3 is 10.1 Å². The average molecular weight is 487 g/mol. The van der Waals surface area contributed by atoms with Crippen LogP contribution in [-0.2, 0) is 19.6 Å². The molecule has 3 aromatic carbocycles. The third-order valence-corrected chi connectivity index (χ3v) is 7.12. The van der Waals surface area contributed by atoms with Crippen LogP contribution in [0.2, 0.25) is 5.02 Å². The molecular weight excluding hydrogens is 464 g/mol. The second-order valence-corrected chi connectivity index (χ2v) is 9.60. The Hall–Kier alpha value is -3.36. The van der Waals surface area contributed by atoms with Crippen LogP contribution in [0.3, 0.4) is 0 Å². The SMILES string of the molecule is COC(=O)CC(NC(=O)c1ccc(S(=O)(=O)N(C)c2ccccc2)cc1)c1ccc(Cl)cc1. The van der Waals surface area contributed by atoms with Crippen molar-refractivity contribution in [2.24, 2.45) is 0 Å². The summed E-state index contributed by atoms with van der Waals surface area (Å²) < 4.78 is 31.8. The van der Waals surface area contributed by atoms with E-state index in [9.17, 15) is 18.0 Å². The number of nitrogens with one attached hydrogen (secondary N) is 1. The predicted octanol–water partition coefficient (Wildman–Crippen LogP) is 4.20. The van der Waals surface area contributed by atoms with Crippen LogP contribution in [0.25, 0.3) is 0 Å². The second kappa shape index (κ2) is 10.5. The fourth-order valence-electron chi connectivity index (χ4n) is 3.15. The number of hydrogen-bond donors (Lipinski definition) is 1. The molecule has 3 aromatic rings. The third kappa shape index (κ3) is 5.91. The number of para-hydroxylation sites is 1. The van der Waals surface area contributed by atoms with Gasteiger partial charge in [-0.3, -0.25) is 13.9 Å². The van der Waals surface area contributed by atoms with Crippen LogP contribution < -0.4 is 9.62 Å². The Morgan fingerprint density at radius 2 is 1.58 bits per heavy atom. The van der Waals surface area contributed by atoms with Gasteiger partial charge in [-0.2, -0.15) is 0 Å². The van der Waals surface area contributed by atoms with E-state index in [1.807, 2.05) is 0 Å². The van der Waals surface area contributed by atoms with Crippen LogP contribution in [0, 0.1) is 0 Å². The number of carbonyl (C=O) groups excluding carboxylic acids is 2. The molecule has 1 amide bonds. The molecule has 0 heterocycles. The normalized spacial score (nSPS) is 12.0. The minimum atomic E-state index is -3.80. The summed E-state index contributed by atoms with van der Waals surface area (Å²) in [7, 11) is -1.06. The molecule has 3 rings (SSSR count). The first-order valence-corrected chi connectivity index (χ1v) is 11.8. The van der Waals surface area contributed by atoms with Gasteiger partial charge in [-0.15, -0.1) is 0 Å². The number of sulfonamides is 1. The molecule has 1 atom stereocenters. The van der Waals surface area contributed by atoms with Gasteiger partial charge in [-0.25, -0.2) is 8.42 Å². The van der Waals surface area contributed by atoms with Gasteiger partial charge >= 0.3 is 5.97 Å². The zero-order valence-electron chi connectivity index (χ0n) is 18.1. The number of halogens is 1. The summed E-state index contributed by atoms with van der Waals surface area (Å²) in [5, 5.41) is 3.33. The number of methoxy groups -OCH3 is 1. The zero-order valence-corrected chi connectivity index (χ0v) is 19.6. The van der Waals surface area contributed by atoms with E-state index in [1.54, 1.807) is 54.6 Å². The van der Waals surface area contributed by atoms with Crippen molar-refractivity contribution in [1.29, 1.82) is 0 Å². The molecule has 0 saturated heterocycles. The molecule has 0 fully saturated rings. The fraction of sp³-hybridized carbons (Fsp3) is 0.167. The van der Waals surface area contributed by atoms with Crippen LogP contribution >= 0.6 is 11.6 Å². The zero-order chi connectivity index (χ0) is 24.0. The highest BCUT2D eigenvalue weighted by Crippen LogP contribution is 2.23. The Labute approximate surface area is 198 Å². The molecule has 0 radical (unpaired) electrons. The van der Waals surface area contributed by atoms with Gasteiger partial charge in [0.1, 0.15) is 0 Å². The minimum absolute atomic E-state index is 0.0502. The molecule has 33 heavy (non-hydrogen) atoms. The molecular formula is C24H23ClN2O5S. The number of anilines is 1. The van der Waals surface area contributed by atoms with Crippen LogP contribution in [0.4, 0.5) is 5.69 Å². The standard InChI is InChI=1S/C24H23ClN2O5S/c1-27(20-6-4-3-5-7-20)33(30,31)21-14-10-18(11-15-21)24(29)26-22(16-23(28)32-2)17-8-12-19(25)13-9-17/h3-15,22H,16H2,1-2H3,(H,26,29). The number of rotatable bonds is 8. The second-order valence-electron chi connectivity index (χ2n) is 7.19. The predicted molar refractivity (Wildman–Crippen MR) is 127 cm³/mol. The molecule has 0 aliphatic heterocycles. The molecule has 1 unspecified atom stereocenters. The number of hydrogen-bond acceptors (Lipinski definition) is 5. The first kappa shape index (κ1) is 24.3. The Bertz CT molecular complexity index is 1210. The number of carbonyl (C=O) groups is 2. The lowest BCUT2D eigenvalue weighted by molar-refractivity contribution is -0.141. The van der Waals surface area contributed by atoms with E-state index in [2.05, 4.69) is 5.32 Å². The lowest BCUT2D eigenvalue weighted by Gasteiger charge is -2.20. The highest BCUT2D eigenvalue weighted by Gasteiger charge is 2.23. The van der Waals surface area contributed by atoms with Gasteiger partial charge in [0.25, 0.3) is 15.9 Å². The van der Waals surface area contributed by atoms with E-state index in [0.717, 1.165) is 0 Å². The van der Waals surface area contributed by atoms with E-state index >= 15 is 0 Å². The molecule has 172 valence electrons. The maximum absolute atomic E-state index is 12.9. The van der Waals surface area contributed by atoms with E-state index in [4.69, 9.17) is 16.3 Å². The van der Waals surface area contributed by atoms with Crippen LogP contribution in [-0.4, -0.2) is 34.5 Å². The molecule has 9 heteroatoms. The first-order chi connectivity index (χ1) is 15.7. The van der Waals surface area contributed by atoms with Crippen LogP contribution in [0.1, 0.15) is 28.4 Å². The molecule has 1 N–H and O–H groups in total. The first-order valence-electron chi connectivity index (χ1n) is 9.99. The number of amides is 1. The number of nitrogens with zero attached hydrogens (tertiary/aromatic N) is 1. The smallest absolute Gasteiger partial charge is 0.307 e. The summed E-state index contributed by atoms with van der Waals surface area (Å²) in [6, 6.07) is 20.4. The fourth-order valence-corrected chi connectivity index (χ4v) is 4.47. The van der Waals surface area contributed by atoms with Crippen molar-refractivity contribution >= 4 is 39.2 Å². The van der Waals surface area contributed by atoms with Gasteiger partial charge in [0.2, 0.25) is 0 Å². The van der Waals surface area contributed by atoms with Gasteiger partial charge in [0, 0.05) is 17.6 Å². The van der Waals surface area contributed by atoms with Gasteiger partial charge in [0.15, 0.2) is 0 Å². The van der Waals surface area contributed by atoms with Crippen molar-refractivity contribution < 1.29 is 22.7 Å². The lowest BCUT2D eigenvalue weighted by atomic mass is 10.0. The highest BCUT2D eigenvalue weighted by molar-refractivity contribution is 7.92. The van der Waals surface area contributed by atoms with Gasteiger partial charge in [-0.05, 0) is 54.1 Å². The maximum atomic E-state index is 12.9. The summed E-state index contributed by atoms with van der Waals surface area (Å²) in [6.07, 6.45) is -0.0712. The van der Waals surface area contributed by atoms with Crippen molar-refractivity contribution in [2.45, 2.75) is 17.4 Å². The summed E-state index contributed by atoms with van der Waals surface area (Å²) in [5.41, 5.74) is 1.45. The molecule has 0 aliphatic carbocycles. The number of benzene rings is 3. The molecule has 0 saturated carbocycles. The quantitative estimate of drug-likeness (QED) is 0.482. The Morgan fingerprint density at radius 3 is 2.15 bits per heavy atom. The van der Waals surface area contributed by atoms with Crippen molar-refractivity contribution in [2.75, 3.05) is 18.5 Å². The highest BCUT2D eigenvalue weighted by atomic mass is 35.5. The average Bonchev–Trinajstić information content (AvgIpc) is 2.84. The van der Waals surface area contributed by atoms with Gasteiger partial charge in [-0.1, -0.05) is 41.9 Å². The third-order valence-electron chi connectivity index (χ3n) is 5.07. The topological polar surface area (TPSA) is 92.8 Å². The molecule has 0 bridgehead atoms. The summed E-state index contributed by atoms with van der Waals surface area (Å²) in [5.74, 6) is -0.945.